The Morgan fingerprint density at radius 3 is 2.33 bits per heavy atom. The number of nitrogens with one attached hydrogen (secondary N) is 2. The molecule has 0 saturated carbocycles. The molecule has 1 amide bonds. The van der Waals surface area contributed by atoms with Crippen LogP contribution in [0.4, 0.5) is 5.69 Å². The topological polar surface area (TPSA) is 88.0 Å². The van der Waals surface area contributed by atoms with Crippen molar-refractivity contribution in [3.63, 3.8) is 0 Å². The lowest BCUT2D eigenvalue weighted by atomic mass is 10.0. The fourth-order valence-electron chi connectivity index (χ4n) is 3.88. The van der Waals surface area contributed by atoms with Crippen LogP contribution in [0.2, 0.25) is 0 Å². The third-order valence-electron chi connectivity index (χ3n) is 5.46. The molecule has 2 saturated heterocycles. The molecule has 1 aromatic carbocycles. The summed E-state index contributed by atoms with van der Waals surface area (Å²) in [5.74, 6) is 0.164. The van der Waals surface area contributed by atoms with Crippen molar-refractivity contribution in [2.24, 2.45) is 0 Å². The lowest BCUT2D eigenvalue weighted by Crippen LogP contribution is -3.16. The summed E-state index contributed by atoms with van der Waals surface area (Å²) < 4.78 is 23.3. The maximum absolute atomic E-state index is 12.4. The Morgan fingerprint density at radius 1 is 1.19 bits per heavy atom. The Kier molecular flexibility index (Phi) is 5.58. The highest BCUT2D eigenvalue weighted by Gasteiger charge is 2.40. The number of anilines is 1. The first kappa shape index (κ1) is 19.8. The molecule has 7 nitrogen and oxygen atoms in total. The van der Waals surface area contributed by atoms with E-state index in [1.165, 1.54) is 4.90 Å². The molecule has 2 aliphatic heterocycles. The number of rotatable bonds is 5. The van der Waals surface area contributed by atoms with Gasteiger partial charge in [0.1, 0.15) is 0 Å². The first-order valence-corrected chi connectivity index (χ1v) is 11.2. The standard InChI is InChI=1S/C19H27N3O4S/c1-15(23)16-3-5-17(6-4-16)22-10-8-21(9-11-22)13-18(24)20-19(2)7-12-27(25,26)14-19/h3-6H,7-14H2,1-2H3,(H,20,24)/p+1/t19-/m0/s1. The van der Waals surface area contributed by atoms with Crippen molar-refractivity contribution in [1.82, 2.24) is 5.32 Å². The molecular weight excluding hydrogens is 366 g/mol. The van der Waals surface area contributed by atoms with Crippen molar-refractivity contribution >= 4 is 27.2 Å². The lowest BCUT2D eigenvalue weighted by molar-refractivity contribution is -0.892. The van der Waals surface area contributed by atoms with E-state index in [1.807, 2.05) is 31.2 Å². The number of piperazine rings is 1. The Bertz CT molecular complexity index is 814. The van der Waals surface area contributed by atoms with Crippen LogP contribution in [-0.2, 0) is 14.6 Å². The Balaban J connectivity index is 1.48. The molecular formula is C19H28N3O4S+. The molecule has 0 spiro atoms. The zero-order chi connectivity index (χ0) is 19.7. The van der Waals surface area contributed by atoms with Gasteiger partial charge in [0.25, 0.3) is 5.91 Å². The molecule has 0 unspecified atom stereocenters. The van der Waals surface area contributed by atoms with E-state index in [0.717, 1.165) is 31.9 Å². The van der Waals surface area contributed by atoms with E-state index in [1.54, 1.807) is 6.92 Å². The first-order chi connectivity index (χ1) is 12.7. The zero-order valence-corrected chi connectivity index (χ0v) is 16.8. The first-order valence-electron chi connectivity index (χ1n) is 9.37. The van der Waals surface area contributed by atoms with E-state index >= 15 is 0 Å². The van der Waals surface area contributed by atoms with Crippen LogP contribution in [0.5, 0.6) is 0 Å². The maximum atomic E-state index is 12.4. The molecule has 8 heteroatoms. The largest absolute Gasteiger partial charge is 0.360 e. The van der Waals surface area contributed by atoms with Gasteiger partial charge in [-0.1, -0.05) is 0 Å². The van der Waals surface area contributed by atoms with Gasteiger partial charge >= 0.3 is 0 Å². The number of ketones is 1. The molecule has 0 aliphatic carbocycles. The van der Waals surface area contributed by atoms with Crippen LogP contribution in [-0.4, -0.2) is 69.9 Å². The smallest absolute Gasteiger partial charge is 0.275 e. The number of Topliss-reactive ketones (excluding diaryl/α,β-unsaturated/α-hetero) is 1. The van der Waals surface area contributed by atoms with E-state index in [2.05, 4.69) is 10.2 Å². The second kappa shape index (κ2) is 7.59. The second-order valence-electron chi connectivity index (χ2n) is 7.97. The Labute approximate surface area is 160 Å². The van der Waals surface area contributed by atoms with Crippen LogP contribution in [0.25, 0.3) is 0 Å². The normalized spacial score (nSPS) is 25.3. The van der Waals surface area contributed by atoms with Crippen molar-refractivity contribution < 1.29 is 22.9 Å². The van der Waals surface area contributed by atoms with Crippen molar-refractivity contribution in [2.75, 3.05) is 49.1 Å². The zero-order valence-electron chi connectivity index (χ0n) is 16.0. The van der Waals surface area contributed by atoms with E-state index < -0.39 is 15.4 Å². The fourth-order valence-corrected chi connectivity index (χ4v) is 5.97. The average molecular weight is 395 g/mol. The molecule has 2 fully saturated rings. The van der Waals surface area contributed by atoms with Crippen molar-refractivity contribution in [3.8, 4) is 0 Å². The minimum Gasteiger partial charge on any atom is -0.360 e. The highest BCUT2D eigenvalue weighted by molar-refractivity contribution is 7.91. The molecule has 3 rings (SSSR count). The second-order valence-corrected chi connectivity index (χ2v) is 10.2. The molecule has 1 aromatic rings. The SMILES string of the molecule is CC(=O)c1ccc(N2CC[NH+](CC(=O)N[C@@]3(C)CCS(=O)(=O)C3)CC2)cc1. The summed E-state index contributed by atoms with van der Waals surface area (Å²) in [5.41, 5.74) is 1.17. The number of quaternary nitrogens is 1. The molecule has 0 aromatic heterocycles. The summed E-state index contributed by atoms with van der Waals surface area (Å²) in [6.45, 7) is 7.11. The molecule has 2 aliphatic rings. The summed E-state index contributed by atoms with van der Waals surface area (Å²) in [6.07, 6.45) is 0.487. The number of benzene rings is 1. The third kappa shape index (κ3) is 5.07. The highest BCUT2D eigenvalue weighted by atomic mass is 32.2. The monoisotopic (exact) mass is 394 g/mol. The van der Waals surface area contributed by atoms with Gasteiger partial charge in [-0.15, -0.1) is 0 Å². The number of hydrogen-bond acceptors (Lipinski definition) is 5. The van der Waals surface area contributed by atoms with Crippen LogP contribution in [0.15, 0.2) is 24.3 Å². The van der Waals surface area contributed by atoms with E-state index in [0.29, 0.717) is 18.5 Å². The predicted molar refractivity (Wildman–Crippen MR) is 104 cm³/mol. The van der Waals surface area contributed by atoms with Crippen LogP contribution in [0.1, 0.15) is 30.6 Å². The van der Waals surface area contributed by atoms with Crippen molar-refractivity contribution in [1.29, 1.82) is 0 Å². The minimum atomic E-state index is -3.03. The molecule has 27 heavy (non-hydrogen) atoms. The molecule has 148 valence electrons. The number of carbonyl (C=O) groups excluding carboxylic acids is 2. The molecule has 2 N–H and O–H groups in total. The summed E-state index contributed by atoms with van der Waals surface area (Å²) in [5, 5.41) is 2.93. The summed E-state index contributed by atoms with van der Waals surface area (Å²) >= 11 is 0. The lowest BCUT2D eigenvalue weighted by Gasteiger charge is -2.34. The van der Waals surface area contributed by atoms with E-state index in [4.69, 9.17) is 0 Å². The number of nitrogens with zero attached hydrogens (tertiary/aromatic N) is 1. The number of hydrogen-bond donors (Lipinski definition) is 2. The highest BCUT2D eigenvalue weighted by Crippen LogP contribution is 2.22. The molecule has 0 radical (unpaired) electrons. The van der Waals surface area contributed by atoms with Gasteiger partial charge in [0.15, 0.2) is 22.2 Å². The average Bonchev–Trinajstić information content (AvgIpc) is 2.88. The quantitative estimate of drug-likeness (QED) is 0.644. The van der Waals surface area contributed by atoms with Gasteiger partial charge in [0, 0.05) is 11.3 Å². The van der Waals surface area contributed by atoms with Gasteiger partial charge in [-0.3, -0.25) is 9.59 Å². The number of sulfone groups is 1. The Hall–Kier alpha value is -1.93. The van der Waals surface area contributed by atoms with Crippen LogP contribution >= 0.6 is 0 Å². The van der Waals surface area contributed by atoms with Gasteiger partial charge in [0.2, 0.25) is 0 Å². The van der Waals surface area contributed by atoms with Gasteiger partial charge in [-0.25, -0.2) is 8.42 Å². The van der Waals surface area contributed by atoms with Crippen LogP contribution in [0, 0.1) is 0 Å². The van der Waals surface area contributed by atoms with Crippen molar-refractivity contribution in [3.05, 3.63) is 29.8 Å². The van der Waals surface area contributed by atoms with Crippen LogP contribution < -0.4 is 15.1 Å². The molecule has 1 atom stereocenters. The molecule has 0 bridgehead atoms. The number of carbonyl (C=O) groups is 2. The fraction of sp³-hybridized carbons (Fsp3) is 0.579. The number of amides is 1. The van der Waals surface area contributed by atoms with Gasteiger partial charge in [-0.05, 0) is 44.5 Å². The summed E-state index contributed by atoms with van der Waals surface area (Å²) in [4.78, 5) is 27.2. The molecule has 2 heterocycles. The van der Waals surface area contributed by atoms with E-state index in [9.17, 15) is 18.0 Å². The van der Waals surface area contributed by atoms with Gasteiger partial charge < -0.3 is 15.1 Å². The van der Waals surface area contributed by atoms with E-state index in [-0.39, 0.29) is 23.2 Å². The van der Waals surface area contributed by atoms with Crippen LogP contribution in [0.3, 0.4) is 0 Å². The van der Waals surface area contributed by atoms with Crippen molar-refractivity contribution in [2.45, 2.75) is 25.8 Å². The Morgan fingerprint density at radius 2 is 1.81 bits per heavy atom. The summed E-state index contributed by atoms with van der Waals surface area (Å²) in [7, 11) is -3.03. The summed E-state index contributed by atoms with van der Waals surface area (Å²) in [6, 6.07) is 7.63. The minimum absolute atomic E-state index is 0.0328. The maximum Gasteiger partial charge on any atom is 0.275 e. The third-order valence-corrected chi connectivity index (χ3v) is 7.37. The van der Waals surface area contributed by atoms with Gasteiger partial charge in [-0.2, -0.15) is 0 Å². The predicted octanol–water partition coefficient (Wildman–Crippen LogP) is -0.712. The van der Waals surface area contributed by atoms with Gasteiger partial charge in [0.05, 0.1) is 43.2 Å².